The molecule has 1 aromatic heterocycles. The van der Waals surface area contributed by atoms with Gasteiger partial charge in [-0.1, -0.05) is 212 Å². The van der Waals surface area contributed by atoms with Crippen molar-refractivity contribution in [3.63, 3.8) is 0 Å². The smallest absolute Gasteiger partial charge is 0.136 e. The van der Waals surface area contributed by atoms with Gasteiger partial charge >= 0.3 is 0 Å². The highest BCUT2D eigenvalue weighted by molar-refractivity contribution is 6.45. The maximum absolute atomic E-state index is 6.46. The predicted molar refractivity (Wildman–Crippen MR) is 286 cm³/mol. The highest BCUT2D eigenvalue weighted by Gasteiger charge is 2.27. The molecule has 15 aromatic rings. The number of hydrogen-bond acceptors (Lipinski definition) is 1. The summed E-state index contributed by atoms with van der Waals surface area (Å²) in [4.78, 5) is 0. The Balaban J connectivity index is 1.14. The molecule has 0 unspecified atom stereocenters. The van der Waals surface area contributed by atoms with Crippen LogP contribution in [0.4, 0.5) is 0 Å². The Hall–Kier alpha value is -8.78. The van der Waals surface area contributed by atoms with Crippen LogP contribution in [0.5, 0.6) is 0 Å². The highest BCUT2D eigenvalue weighted by Crippen LogP contribution is 2.56. The maximum atomic E-state index is 6.46. The van der Waals surface area contributed by atoms with Gasteiger partial charge in [0.1, 0.15) is 11.2 Å². The van der Waals surface area contributed by atoms with Gasteiger partial charge in [-0.2, -0.15) is 0 Å². The molecule has 0 radical (unpaired) electrons. The molecule has 0 bridgehead atoms. The number of rotatable bonds is 5. The second-order valence-corrected chi connectivity index (χ2v) is 18.2. The molecular weight excluding hydrogens is 809 g/mol. The van der Waals surface area contributed by atoms with Crippen LogP contribution in [-0.4, -0.2) is 0 Å². The summed E-state index contributed by atoms with van der Waals surface area (Å²) in [6.45, 7) is 0. The molecule has 1 heteroatoms. The summed E-state index contributed by atoms with van der Waals surface area (Å²) in [5, 5.41) is 20.3. The molecule has 15 rings (SSSR count). The second-order valence-electron chi connectivity index (χ2n) is 18.2. The van der Waals surface area contributed by atoms with Crippen molar-refractivity contribution >= 4 is 97.3 Å². The van der Waals surface area contributed by atoms with Gasteiger partial charge in [0.15, 0.2) is 0 Å². The van der Waals surface area contributed by atoms with Gasteiger partial charge in [0.2, 0.25) is 0 Å². The third kappa shape index (κ3) is 5.14. The Bertz CT molecular complexity index is 4450. The van der Waals surface area contributed by atoms with E-state index in [0.29, 0.717) is 0 Å². The van der Waals surface area contributed by atoms with Crippen LogP contribution in [0.25, 0.3) is 153 Å². The van der Waals surface area contributed by atoms with Crippen LogP contribution in [0.2, 0.25) is 0 Å². The normalized spacial score (nSPS) is 12.2. The number of fused-ring (bicyclic) bond motifs is 11. The fourth-order valence-corrected chi connectivity index (χ4v) is 12.0. The van der Waals surface area contributed by atoms with Crippen LogP contribution < -0.4 is 0 Å². The summed E-state index contributed by atoms with van der Waals surface area (Å²) in [5.41, 5.74) is 14.0. The zero-order valence-corrected chi connectivity index (χ0v) is 36.3. The van der Waals surface area contributed by atoms with Crippen molar-refractivity contribution in [2.24, 2.45) is 0 Å². The molecule has 0 atom stereocenters. The van der Waals surface area contributed by atoms with Crippen molar-refractivity contribution in [1.29, 1.82) is 0 Å². The van der Waals surface area contributed by atoms with E-state index in [0.717, 1.165) is 21.9 Å². The largest absolute Gasteiger partial charge is 0.456 e. The van der Waals surface area contributed by atoms with E-state index in [1.54, 1.807) is 0 Å². The Morgan fingerprint density at radius 3 is 1.36 bits per heavy atom. The van der Waals surface area contributed by atoms with E-state index >= 15 is 0 Å². The van der Waals surface area contributed by atoms with E-state index in [2.05, 4.69) is 231 Å². The van der Waals surface area contributed by atoms with Gasteiger partial charge in [0, 0.05) is 10.8 Å². The number of benzene rings is 12. The fraction of sp³-hybridized carbons (Fsp3) is 0. The van der Waals surface area contributed by atoms with Crippen molar-refractivity contribution in [1.82, 2.24) is 0 Å². The van der Waals surface area contributed by atoms with E-state index in [1.165, 1.54) is 131 Å². The van der Waals surface area contributed by atoms with E-state index < -0.39 is 0 Å². The second kappa shape index (κ2) is 13.9. The average Bonchev–Trinajstić information content (AvgIpc) is 4.06. The molecular formula is C66H38O. The van der Waals surface area contributed by atoms with E-state index in [4.69, 9.17) is 4.42 Å². The monoisotopic (exact) mass is 846 g/mol. The Morgan fingerprint density at radius 1 is 0.194 bits per heavy atom. The van der Waals surface area contributed by atoms with Gasteiger partial charge in [-0.25, -0.2) is 0 Å². The molecule has 308 valence electrons. The lowest BCUT2D eigenvalue weighted by Gasteiger charge is -2.19. The summed E-state index contributed by atoms with van der Waals surface area (Å²) in [6.07, 6.45) is 0. The Morgan fingerprint density at radius 2 is 0.657 bits per heavy atom. The van der Waals surface area contributed by atoms with Crippen LogP contribution in [0.3, 0.4) is 0 Å². The molecule has 0 aliphatic carbocycles. The first kappa shape index (κ1) is 36.5. The number of hydrogen-bond donors (Lipinski definition) is 0. The van der Waals surface area contributed by atoms with E-state index in [-0.39, 0.29) is 0 Å². The van der Waals surface area contributed by atoms with Gasteiger partial charge in [0.05, 0.1) is 0 Å². The van der Waals surface area contributed by atoms with Crippen molar-refractivity contribution in [2.45, 2.75) is 0 Å². The first-order valence-corrected chi connectivity index (χ1v) is 23.2. The fourth-order valence-electron chi connectivity index (χ4n) is 12.0. The Labute approximate surface area is 386 Å². The highest BCUT2D eigenvalue weighted by atomic mass is 16.3. The SMILES string of the molecule is c1ccc(-c2ccc(-c3c4cc5c6ccccc6c6cccc(c4c(-c4ccc(-c7ccccc7)cc4)c4c7cccc8c(-c9cccc%10oc%11ccccc%11c9%10)ccc(c34)c87)c65)cc2)cc1. The molecule has 0 amide bonds. The first-order chi connectivity index (χ1) is 33.3. The molecule has 67 heavy (non-hydrogen) atoms. The van der Waals surface area contributed by atoms with Crippen molar-refractivity contribution in [2.75, 3.05) is 0 Å². The van der Waals surface area contributed by atoms with Gasteiger partial charge in [-0.15, -0.1) is 0 Å². The molecule has 1 heterocycles. The lowest BCUT2D eigenvalue weighted by molar-refractivity contribution is 0.669. The van der Waals surface area contributed by atoms with Crippen LogP contribution >= 0.6 is 0 Å². The predicted octanol–water partition coefficient (Wildman–Crippen LogP) is 18.9. The van der Waals surface area contributed by atoms with Crippen LogP contribution in [0, 0.1) is 0 Å². The topological polar surface area (TPSA) is 13.1 Å². The standard InChI is InChI=1S/C66H38O/c1-3-14-39(15-4-1)41-28-32-43(33-29-41)59-56-38-55-46-19-8-7-18-45(46)48-21-11-24-52(62(48)55)64(56)60(44-34-30-42(31-35-44)40-16-5-2-6-17-40)66-53-25-12-22-49-47(36-37-54(61(49)53)65(59)66)50-23-13-27-58-63(50)51-20-9-10-26-57(51)67-58/h1-38H. The van der Waals surface area contributed by atoms with Crippen molar-refractivity contribution < 1.29 is 4.42 Å². The molecule has 1 nitrogen and oxygen atoms in total. The van der Waals surface area contributed by atoms with Crippen LogP contribution in [0.15, 0.2) is 235 Å². The lowest BCUT2D eigenvalue weighted by atomic mass is 9.83. The third-order valence-electron chi connectivity index (χ3n) is 14.8. The van der Waals surface area contributed by atoms with E-state index in [9.17, 15) is 0 Å². The molecule has 0 aliphatic heterocycles. The summed E-state index contributed by atoms with van der Waals surface area (Å²) >= 11 is 0. The summed E-state index contributed by atoms with van der Waals surface area (Å²) in [6, 6.07) is 85.3. The summed E-state index contributed by atoms with van der Waals surface area (Å²) in [5.74, 6) is 0. The zero-order chi connectivity index (χ0) is 43.7. The Kier molecular flexibility index (Phi) is 7.56. The molecule has 0 aliphatic rings. The maximum Gasteiger partial charge on any atom is 0.136 e. The molecule has 0 N–H and O–H groups in total. The van der Waals surface area contributed by atoms with Crippen molar-refractivity contribution in [3.8, 4) is 55.6 Å². The number of furan rings is 1. The molecule has 0 saturated carbocycles. The molecule has 0 fully saturated rings. The van der Waals surface area contributed by atoms with Crippen molar-refractivity contribution in [3.05, 3.63) is 231 Å². The summed E-state index contributed by atoms with van der Waals surface area (Å²) < 4.78 is 6.46. The van der Waals surface area contributed by atoms with E-state index in [1.807, 2.05) is 0 Å². The molecule has 0 spiro atoms. The first-order valence-electron chi connectivity index (χ1n) is 23.2. The molecule has 14 aromatic carbocycles. The minimum absolute atomic E-state index is 0.907. The molecule has 0 saturated heterocycles. The third-order valence-corrected chi connectivity index (χ3v) is 14.8. The van der Waals surface area contributed by atoms with Gasteiger partial charge in [-0.3, -0.25) is 0 Å². The minimum Gasteiger partial charge on any atom is -0.456 e. The quantitative estimate of drug-likeness (QED) is 0.157. The zero-order valence-electron chi connectivity index (χ0n) is 36.3. The van der Waals surface area contributed by atoms with Gasteiger partial charge in [0.25, 0.3) is 0 Å². The van der Waals surface area contributed by atoms with Crippen LogP contribution in [0.1, 0.15) is 0 Å². The van der Waals surface area contributed by atoms with Crippen LogP contribution in [-0.2, 0) is 0 Å². The summed E-state index contributed by atoms with van der Waals surface area (Å²) in [7, 11) is 0. The van der Waals surface area contributed by atoms with Gasteiger partial charge < -0.3 is 4.42 Å². The minimum atomic E-state index is 0.907. The van der Waals surface area contributed by atoms with Gasteiger partial charge in [-0.05, 0) is 149 Å². The average molecular weight is 847 g/mol. The lowest BCUT2D eigenvalue weighted by Crippen LogP contribution is -1.92. The number of para-hydroxylation sites is 1.